The van der Waals surface area contributed by atoms with Gasteiger partial charge in [-0.1, -0.05) is 12.1 Å². The highest BCUT2D eigenvalue weighted by Gasteiger charge is 2.31. The van der Waals surface area contributed by atoms with Gasteiger partial charge in [0.25, 0.3) is 5.91 Å². The van der Waals surface area contributed by atoms with Crippen LogP contribution in [0.4, 0.5) is 0 Å². The molecule has 0 atom stereocenters. The number of carbonyl (C=O) groups excluding carboxylic acids is 1. The Bertz CT molecular complexity index is 609. The molecule has 23 heavy (non-hydrogen) atoms. The standard InChI is InChI=1S/C17H23N3O3/c1-18-8-10-19(11-9-18)6-3-7-20-12-13-4-2-5-14(17(22)23)15(13)16(20)21/h2,4-5H,3,6-12H2,1H3,(H,22,23). The van der Waals surface area contributed by atoms with Crippen molar-refractivity contribution in [1.29, 1.82) is 0 Å². The second-order valence-corrected chi connectivity index (χ2v) is 6.37. The van der Waals surface area contributed by atoms with E-state index in [4.69, 9.17) is 0 Å². The number of piperazine rings is 1. The van der Waals surface area contributed by atoms with Crippen LogP contribution in [-0.4, -0.2) is 78.0 Å². The number of nitrogens with zero attached hydrogens (tertiary/aromatic N) is 3. The number of carboxylic acids is 1. The molecule has 2 aliphatic heterocycles. The summed E-state index contributed by atoms with van der Waals surface area (Å²) in [5.41, 5.74) is 1.32. The van der Waals surface area contributed by atoms with E-state index in [1.54, 1.807) is 11.0 Å². The minimum atomic E-state index is -1.03. The van der Waals surface area contributed by atoms with Gasteiger partial charge in [-0.25, -0.2) is 4.79 Å². The van der Waals surface area contributed by atoms with Gasteiger partial charge in [-0.05, 0) is 31.6 Å². The van der Waals surface area contributed by atoms with Gasteiger partial charge in [0, 0.05) is 39.3 Å². The minimum Gasteiger partial charge on any atom is -0.478 e. The van der Waals surface area contributed by atoms with E-state index in [9.17, 15) is 14.7 Å². The van der Waals surface area contributed by atoms with Gasteiger partial charge in [0.05, 0.1) is 11.1 Å². The predicted octanol–water partition coefficient (Wildman–Crippen LogP) is 0.978. The molecule has 1 N–H and O–H groups in total. The molecular weight excluding hydrogens is 294 g/mol. The van der Waals surface area contributed by atoms with E-state index in [0.29, 0.717) is 18.7 Å². The molecular formula is C17H23N3O3. The van der Waals surface area contributed by atoms with Crippen LogP contribution in [-0.2, 0) is 6.54 Å². The molecule has 6 heteroatoms. The maximum absolute atomic E-state index is 12.5. The third kappa shape index (κ3) is 3.38. The van der Waals surface area contributed by atoms with Crippen molar-refractivity contribution >= 4 is 11.9 Å². The van der Waals surface area contributed by atoms with Crippen molar-refractivity contribution in [2.45, 2.75) is 13.0 Å². The zero-order valence-corrected chi connectivity index (χ0v) is 13.5. The average molecular weight is 317 g/mol. The van der Waals surface area contributed by atoms with E-state index in [0.717, 1.165) is 44.7 Å². The molecule has 1 saturated heterocycles. The van der Waals surface area contributed by atoms with Crippen LogP contribution >= 0.6 is 0 Å². The fourth-order valence-electron chi connectivity index (χ4n) is 3.34. The summed E-state index contributed by atoms with van der Waals surface area (Å²) in [6, 6.07) is 5.07. The van der Waals surface area contributed by atoms with Crippen LogP contribution < -0.4 is 0 Å². The Kier molecular flexibility index (Phi) is 4.63. The number of benzene rings is 1. The Morgan fingerprint density at radius 1 is 1.17 bits per heavy atom. The van der Waals surface area contributed by atoms with Crippen LogP contribution in [0.2, 0.25) is 0 Å². The summed E-state index contributed by atoms with van der Waals surface area (Å²) in [5.74, 6) is -1.18. The second-order valence-electron chi connectivity index (χ2n) is 6.37. The van der Waals surface area contributed by atoms with Gasteiger partial charge in [0.1, 0.15) is 0 Å². The van der Waals surface area contributed by atoms with E-state index < -0.39 is 5.97 Å². The first-order chi connectivity index (χ1) is 11.1. The summed E-state index contributed by atoms with van der Waals surface area (Å²) >= 11 is 0. The number of hydrogen-bond donors (Lipinski definition) is 1. The molecule has 1 aromatic rings. The van der Waals surface area contributed by atoms with E-state index in [1.165, 1.54) is 6.07 Å². The molecule has 0 aromatic heterocycles. The molecule has 0 saturated carbocycles. The molecule has 1 amide bonds. The SMILES string of the molecule is CN1CCN(CCCN2Cc3cccc(C(=O)O)c3C2=O)CC1. The summed E-state index contributed by atoms with van der Waals surface area (Å²) in [7, 11) is 2.14. The number of likely N-dealkylation sites (N-methyl/N-ethyl adjacent to an activating group) is 1. The first-order valence-electron chi connectivity index (χ1n) is 8.11. The van der Waals surface area contributed by atoms with Crippen molar-refractivity contribution in [3.63, 3.8) is 0 Å². The van der Waals surface area contributed by atoms with Gasteiger partial charge in [-0.15, -0.1) is 0 Å². The number of fused-ring (bicyclic) bond motifs is 1. The average Bonchev–Trinajstić information content (AvgIpc) is 2.86. The highest BCUT2D eigenvalue weighted by Crippen LogP contribution is 2.26. The van der Waals surface area contributed by atoms with Crippen LogP contribution in [0.15, 0.2) is 18.2 Å². The fraction of sp³-hybridized carbons (Fsp3) is 0.529. The Hall–Kier alpha value is -1.92. The lowest BCUT2D eigenvalue weighted by Crippen LogP contribution is -2.45. The van der Waals surface area contributed by atoms with Crippen molar-refractivity contribution in [3.8, 4) is 0 Å². The highest BCUT2D eigenvalue weighted by molar-refractivity contribution is 6.07. The van der Waals surface area contributed by atoms with Crippen LogP contribution in [0.5, 0.6) is 0 Å². The van der Waals surface area contributed by atoms with Crippen LogP contribution in [0.3, 0.4) is 0 Å². The highest BCUT2D eigenvalue weighted by atomic mass is 16.4. The Labute approximate surface area is 136 Å². The predicted molar refractivity (Wildman–Crippen MR) is 86.7 cm³/mol. The number of carbonyl (C=O) groups is 2. The van der Waals surface area contributed by atoms with Crippen LogP contribution in [0, 0.1) is 0 Å². The van der Waals surface area contributed by atoms with Crippen molar-refractivity contribution in [1.82, 2.24) is 14.7 Å². The van der Waals surface area contributed by atoms with Crippen molar-refractivity contribution in [3.05, 3.63) is 34.9 Å². The third-order valence-electron chi connectivity index (χ3n) is 4.74. The number of amides is 1. The van der Waals surface area contributed by atoms with E-state index in [2.05, 4.69) is 16.8 Å². The van der Waals surface area contributed by atoms with Gasteiger partial charge in [0.15, 0.2) is 0 Å². The molecule has 1 aromatic carbocycles. The second kappa shape index (κ2) is 6.68. The topological polar surface area (TPSA) is 64.1 Å². The number of carboxylic acid groups (broad SMARTS) is 1. The van der Waals surface area contributed by atoms with Gasteiger partial charge in [-0.2, -0.15) is 0 Å². The van der Waals surface area contributed by atoms with E-state index in [-0.39, 0.29) is 11.5 Å². The molecule has 0 spiro atoms. The molecule has 1 fully saturated rings. The summed E-state index contributed by atoms with van der Waals surface area (Å²) in [5, 5.41) is 9.24. The molecule has 0 aliphatic carbocycles. The molecule has 0 unspecified atom stereocenters. The third-order valence-corrected chi connectivity index (χ3v) is 4.74. The Morgan fingerprint density at radius 2 is 1.91 bits per heavy atom. The largest absolute Gasteiger partial charge is 0.478 e. The first-order valence-corrected chi connectivity index (χ1v) is 8.11. The molecule has 2 aliphatic rings. The molecule has 3 rings (SSSR count). The summed E-state index contributed by atoms with van der Waals surface area (Å²) in [6.45, 7) is 6.53. The molecule has 0 bridgehead atoms. The van der Waals surface area contributed by atoms with Gasteiger partial charge in [-0.3, -0.25) is 4.79 Å². The van der Waals surface area contributed by atoms with Gasteiger partial charge >= 0.3 is 5.97 Å². The minimum absolute atomic E-state index is 0.120. The lowest BCUT2D eigenvalue weighted by Gasteiger charge is -2.32. The fourth-order valence-corrected chi connectivity index (χ4v) is 3.34. The van der Waals surface area contributed by atoms with Crippen molar-refractivity contribution in [2.75, 3.05) is 46.3 Å². The number of aromatic carboxylic acids is 1. The van der Waals surface area contributed by atoms with E-state index >= 15 is 0 Å². The molecule has 2 heterocycles. The number of hydrogen-bond acceptors (Lipinski definition) is 4. The van der Waals surface area contributed by atoms with Crippen LogP contribution in [0.25, 0.3) is 0 Å². The molecule has 6 nitrogen and oxygen atoms in total. The van der Waals surface area contributed by atoms with Gasteiger partial charge < -0.3 is 19.8 Å². The maximum Gasteiger partial charge on any atom is 0.336 e. The molecule has 0 radical (unpaired) electrons. The maximum atomic E-state index is 12.5. The smallest absolute Gasteiger partial charge is 0.336 e. The van der Waals surface area contributed by atoms with Crippen molar-refractivity contribution in [2.24, 2.45) is 0 Å². The quantitative estimate of drug-likeness (QED) is 0.877. The van der Waals surface area contributed by atoms with Crippen molar-refractivity contribution < 1.29 is 14.7 Å². The molecule has 124 valence electrons. The summed E-state index contributed by atoms with van der Waals surface area (Å²) < 4.78 is 0. The van der Waals surface area contributed by atoms with Crippen LogP contribution in [0.1, 0.15) is 32.7 Å². The Morgan fingerprint density at radius 3 is 2.61 bits per heavy atom. The normalized spacial score (nSPS) is 19.2. The van der Waals surface area contributed by atoms with Gasteiger partial charge in [0.2, 0.25) is 0 Å². The number of rotatable bonds is 5. The zero-order valence-electron chi connectivity index (χ0n) is 13.5. The van der Waals surface area contributed by atoms with E-state index in [1.807, 2.05) is 6.07 Å². The first kappa shape index (κ1) is 16.0. The summed E-state index contributed by atoms with van der Waals surface area (Å²) in [4.78, 5) is 30.3. The zero-order chi connectivity index (χ0) is 16.4. The summed E-state index contributed by atoms with van der Waals surface area (Å²) in [6.07, 6.45) is 0.922. The lowest BCUT2D eigenvalue weighted by atomic mass is 10.0. The monoisotopic (exact) mass is 317 g/mol. The Balaban J connectivity index is 1.56. The lowest BCUT2D eigenvalue weighted by molar-refractivity contribution is 0.0681.